The summed E-state index contributed by atoms with van der Waals surface area (Å²) in [6.07, 6.45) is 3.75. The summed E-state index contributed by atoms with van der Waals surface area (Å²) in [7, 11) is -3.96. The molecule has 2 aliphatic rings. The van der Waals surface area contributed by atoms with Crippen molar-refractivity contribution >= 4 is 15.7 Å². The first-order chi connectivity index (χ1) is 15.8. The number of halogens is 1. The fraction of sp³-hybridized carbons (Fsp3) is 0.520. The first kappa shape index (κ1) is 24.0. The van der Waals surface area contributed by atoms with Gasteiger partial charge in [0.05, 0.1) is 23.8 Å². The Morgan fingerprint density at radius 1 is 1.15 bits per heavy atom. The molecule has 0 aliphatic carbocycles. The van der Waals surface area contributed by atoms with Gasteiger partial charge in [-0.1, -0.05) is 13.0 Å². The first-order valence-corrected chi connectivity index (χ1v) is 13.1. The van der Waals surface area contributed by atoms with Gasteiger partial charge in [-0.15, -0.1) is 0 Å². The number of sulfonamides is 1. The number of nitrogens with zero attached hydrogens (tertiary/aromatic N) is 1. The highest BCUT2D eigenvalue weighted by Crippen LogP contribution is 2.38. The van der Waals surface area contributed by atoms with E-state index >= 15 is 0 Å². The molecule has 1 atom stereocenters. The van der Waals surface area contributed by atoms with Crippen LogP contribution in [0.4, 0.5) is 10.1 Å². The van der Waals surface area contributed by atoms with Crippen molar-refractivity contribution < 1.29 is 27.4 Å². The minimum Gasteiger partial charge on any atom is -0.493 e. The normalized spacial score (nSPS) is 19.4. The van der Waals surface area contributed by atoms with E-state index in [2.05, 4.69) is 0 Å². The Morgan fingerprint density at radius 2 is 1.91 bits per heavy atom. The van der Waals surface area contributed by atoms with E-state index in [1.165, 1.54) is 22.5 Å². The maximum atomic E-state index is 14.6. The van der Waals surface area contributed by atoms with Gasteiger partial charge in [0.15, 0.2) is 0 Å². The monoisotopic (exact) mass is 477 g/mol. The fourth-order valence-electron chi connectivity index (χ4n) is 4.64. The maximum Gasteiger partial charge on any atom is 0.264 e. The van der Waals surface area contributed by atoms with Gasteiger partial charge in [-0.3, -0.25) is 4.31 Å². The molecule has 0 radical (unpaired) electrons. The zero-order valence-corrected chi connectivity index (χ0v) is 20.0. The van der Waals surface area contributed by atoms with Gasteiger partial charge < -0.3 is 14.6 Å². The number of rotatable bonds is 7. The topological polar surface area (TPSA) is 76.1 Å². The van der Waals surface area contributed by atoms with E-state index in [4.69, 9.17) is 9.47 Å². The van der Waals surface area contributed by atoms with Crippen LogP contribution in [0.25, 0.3) is 0 Å². The van der Waals surface area contributed by atoms with Crippen LogP contribution in [0.15, 0.2) is 35.2 Å². The number of hydrogen-bond donors (Lipinski definition) is 1. The lowest BCUT2D eigenvalue weighted by atomic mass is 9.96. The van der Waals surface area contributed by atoms with E-state index in [0.717, 1.165) is 18.4 Å². The van der Waals surface area contributed by atoms with Crippen molar-refractivity contribution in [2.45, 2.75) is 63.5 Å². The predicted molar refractivity (Wildman–Crippen MR) is 125 cm³/mol. The number of anilines is 1. The largest absolute Gasteiger partial charge is 0.493 e. The van der Waals surface area contributed by atoms with Crippen molar-refractivity contribution in [3.8, 4) is 5.75 Å². The van der Waals surface area contributed by atoms with Crippen LogP contribution < -0.4 is 9.04 Å². The Balaban J connectivity index is 1.63. The van der Waals surface area contributed by atoms with Gasteiger partial charge in [0.25, 0.3) is 10.0 Å². The SMILES string of the molecule is CCc1cc2c(cc1F)N(S(=O)(=O)c1ccc(OCC3CCOCC3)c(CO)c1)C(C)CC2. The van der Waals surface area contributed by atoms with Gasteiger partial charge in [-0.2, -0.15) is 0 Å². The smallest absolute Gasteiger partial charge is 0.264 e. The highest BCUT2D eigenvalue weighted by molar-refractivity contribution is 7.92. The molecule has 8 heteroatoms. The predicted octanol–water partition coefficient (Wildman–Crippen LogP) is 4.22. The zero-order chi connectivity index (χ0) is 23.6. The van der Waals surface area contributed by atoms with Gasteiger partial charge in [-0.05, 0) is 80.3 Å². The zero-order valence-electron chi connectivity index (χ0n) is 19.2. The molecule has 0 saturated carbocycles. The highest BCUT2D eigenvalue weighted by atomic mass is 32.2. The number of aliphatic hydroxyl groups excluding tert-OH is 1. The highest BCUT2D eigenvalue weighted by Gasteiger charge is 2.35. The summed E-state index contributed by atoms with van der Waals surface area (Å²) in [6.45, 7) is 5.31. The molecule has 1 saturated heterocycles. The van der Waals surface area contributed by atoms with Crippen LogP contribution in [0.1, 0.15) is 49.8 Å². The second kappa shape index (κ2) is 9.99. The quantitative estimate of drug-likeness (QED) is 0.646. The van der Waals surface area contributed by atoms with Crippen molar-refractivity contribution in [3.05, 3.63) is 52.8 Å². The van der Waals surface area contributed by atoms with Crippen molar-refractivity contribution in [2.24, 2.45) is 5.92 Å². The van der Waals surface area contributed by atoms with Gasteiger partial charge in [0.2, 0.25) is 0 Å². The Kier molecular flexibility index (Phi) is 7.26. The lowest BCUT2D eigenvalue weighted by Crippen LogP contribution is -2.42. The van der Waals surface area contributed by atoms with E-state index in [1.807, 2.05) is 13.8 Å². The third-order valence-electron chi connectivity index (χ3n) is 6.67. The summed E-state index contributed by atoms with van der Waals surface area (Å²) in [5.74, 6) is 0.467. The molecule has 180 valence electrons. The summed E-state index contributed by atoms with van der Waals surface area (Å²) in [5.41, 5.74) is 2.25. The molecule has 2 aromatic carbocycles. The molecule has 33 heavy (non-hydrogen) atoms. The van der Waals surface area contributed by atoms with Gasteiger partial charge in [0, 0.05) is 24.8 Å². The van der Waals surface area contributed by atoms with Crippen LogP contribution in [0, 0.1) is 11.7 Å². The molecule has 0 aromatic heterocycles. The van der Waals surface area contributed by atoms with Crippen molar-refractivity contribution in [3.63, 3.8) is 0 Å². The number of aliphatic hydroxyl groups is 1. The molecule has 1 unspecified atom stereocenters. The maximum absolute atomic E-state index is 14.6. The lowest BCUT2D eigenvalue weighted by molar-refractivity contribution is 0.0494. The third kappa shape index (κ3) is 4.88. The van der Waals surface area contributed by atoms with Crippen molar-refractivity contribution in [1.82, 2.24) is 0 Å². The summed E-state index contributed by atoms with van der Waals surface area (Å²) < 4.78 is 54.6. The molecule has 2 aromatic rings. The van der Waals surface area contributed by atoms with Crippen LogP contribution in [0.5, 0.6) is 5.75 Å². The molecule has 2 aliphatic heterocycles. The van der Waals surface area contributed by atoms with E-state index < -0.39 is 15.8 Å². The average molecular weight is 478 g/mol. The van der Waals surface area contributed by atoms with E-state index in [1.54, 1.807) is 12.1 Å². The molecular formula is C25H32FNO5S. The average Bonchev–Trinajstić information content (AvgIpc) is 2.82. The Labute approximate surface area is 195 Å². The molecule has 0 spiro atoms. The molecule has 6 nitrogen and oxygen atoms in total. The van der Waals surface area contributed by atoms with Crippen LogP contribution in [-0.4, -0.2) is 39.4 Å². The Morgan fingerprint density at radius 3 is 2.61 bits per heavy atom. The van der Waals surface area contributed by atoms with Crippen LogP contribution in [0.3, 0.4) is 0 Å². The second-order valence-electron chi connectivity index (χ2n) is 8.91. The summed E-state index contributed by atoms with van der Waals surface area (Å²) >= 11 is 0. The van der Waals surface area contributed by atoms with Crippen LogP contribution >= 0.6 is 0 Å². The summed E-state index contributed by atoms with van der Waals surface area (Å²) in [6, 6.07) is 7.40. The first-order valence-electron chi connectivity index (χ1n) is 11.6. The van der Waals surface area contributed by atoms with Gasteiger partial charge in [0.1, 0.15) is 11.6 Å². The Bertz CT molecular complexity index is 1100. The van der Waals surface area contributed by atoms with E-state index in [-0.39, 0.29) is 17.5 Å². The molecule has 0 bridgehead atoms. The Hall–Kier alpha value is -2.16. The molecule has 1 N–H and O–H groups in total. The molecule has 1 fully saturated rings. The minimum atomic E-state index is -3.96. The number of aryl methyl sites for hydroxylation is 2. The van der Waals surface area contributed by atoms with E-state index in [0.29, 0.717) is 67.6 Å². The lowest BCUT2D eigenvalue weighted by Gasteiger charge is -2.36. The standard InChI is InChI=1S/C25H32FNO5S/c1-3-19-12-20-5-4-17(2)27(24(20)14-23(19)26)33(29,30)22-6-7-25(21(13-22)15-28)32-16-18-8-10-31-11-9-18/h6-7,12-14,17-18,28H,3-5,8-11,15-16H2,1-2H3. The van der Waals surface area contributed by atoms with Crippen LogP contribution in [0.2, 0.25) is 0 Å². The third-order valence-corrected chi connectivity index (χ3v) is 8.60. The second-order valence-corrected chi connectivity index (χ2v) is 10.7. The van der Waals surface area contributed by atoms with Gasteiger partial charge >= 0.3 is 0 Å². The fourth-order valence-corrected chi connectivity index (χ4v) is 6.40. The molecular weight excluding hydrogens is 445 g/mol. The summed E-state index contributed by atoms with van der Waals surface area (Å²) in [4.78, 5) is 0.0599. The van der Waals surface area contributed by atoms with Crippen molar-refractivity contribution in [2.75, 3.05) is 24.1 Å². The van der Waals surface area contributed by atoms with Gasteiger partial charge in [-0.25, -0.2) is 12.8 Å². The van der Waals surface area contributed by atoms with E-state index in [9.17, 15) is 17.9 Å². The van der Waals surface area contributed by atoms with Crippen LogP contribution in [-0.2, 0) is 34.2 Å². The number of benzene rings is 2. The number of hydrogen-bond acceptors (Lipinski definition) is 5. The molecule has 4 rings (SSSR count). The number of fused-ring (bicyclic) bond motifs is 1. The van der Waals surface area contributed by atoms with Crippen molar-refractivity contribution in [1.29, 1.82) is 0 Å². The number of ether oxygens (including phenoxy) is 2. The molecule has 2 heterocycles. The minimum absolute atomic E-state index is 0.0599. The molecule has 0 amide bonds. The summed E-state index contributed by atoms with van der Waals surface area (Å²) in [5, 5.41) is 9.90.